The molecule has 2 saturated carbocycles. The number of nitrogens with zero attached hydrogens (tertiary/aromatic N) is 3. The lowest BCUT2D eigenvalue weighted by Crippen LogP contribution is -2.34. The Balaban J connectivity index is 1.48. The van der Waals surface area contributed by atoms with Crippen molar-refractivity contribution in [1.29, 1.82) is 0 Å². The van der Waals surface area contributed by atoms with Gasteiger partial charge < -0.3 is 4.90 Å². The lowest BCUT2D eigenvalue weighted by Gasteiger charge is -2.21. The number of hydrogen-bond acceptors (Lipinski definition) is 3. The minimum absolute atomic E-state index is 0.0556. The third-order valence-electron chi connectivity index (χ3n) is 4.83. The summed E-state index contributed by atoms with van der Waals surface area (Å²) < 4.78 is 0. The predicted molar refractivity (Wildman–Crippen MR) is 98.3 cm³/mol. The van der Waals surface area contributed by atoms with Crippen molar-refractivity contribution in [2.75, 3.05) is 6.54 Å². The Labute approximate surface area is 148 Å². The van der Waals surface area contributed by atoms with Gasteiger partial charge in [0.05, 0.1) is 11.3 Å². The minimum Gasteiger partial charge on any atom is -0.332 e. The van der Waals surface area contributed by atoms with Gasteiger partial charge in [-0.1, -0.05) is 42.5 Å². The Hall–Kier alpha value is -2.49. The molecule has 1 amide bonds. The van der Waals surface area contributed by atoms with Gasteiger partial charge in [-0.25, -0.2) is 9.97 Å². The first-order chi connectivity index (χ1) is 12.2. The number of amides is 1. The summed E-state index contributed by atoms with van der Waals surface area (Å²) in [4.78, 5) is 24.0. The van der Waals surface area contributed by atoms with E-state index in [1.807, 2.05) is 30.0 Å². The lowest BCUT2D eigenvalue weighted by molar-refractivity contribution is 0.0761. The van der Waals surface area contributed by atoms with Crippen LogP contribution in [0.4, 0.5) is 0 Å². The van der Waals surface area contributed by atoms with Gasteiger partial charge in [-0.3, -0.25) is 4.79 Å². The van der Waals surface area contributed by atoms with Crippen LogP contribution >= 0.6 is 0 Å². The summed E-state index contributed by atoms with van der Waals surface area (Å²) in [6.07, 6.45) is 10.4. The van der Waals surface area contributed by atoms with Crippen LogP contribution in [-0.2, 0) is 0 Å². The van der Waals surface area contributed by atoms with Crippen LogP contribution in [0.3, 0.4) is 0 Å². The Morgan fingerprint density at radius 2 is 1.96 bits per heavy atom. The number of carbonyl (C=O) groups is 1. The first-order valence-electron chi connectivity index (χ1n) is 9.08. The molecule has 1 heterocycles. The van der Waals surface area contributed by atoms with E-state index >= 15 is 0 Å². The molecule has 1 aromatic carbocycles. The zero-order valence-electron chi connectivity index (χ0n) is 14.6. The molecule has 2 aromatic rings. The average Bonchev–Trinajstić information content (AvgIpc) is 3.52. The molecule has 25 heavy (non-hydrogen) atoms. The summed E-state index contributed by atoms with van der Waals surface area (Å²) in [7, 11) is 0. The molecule has 0 unspecified atom stereocenters. The standard InChI is InChI=1S/C21H23N3O/c1-15-19(14-22-20(23-15)17-9-10-17)21(25)24(18-11-12-18)13-5-8-16-6-3-2-4-7-16/h2-8,14,17-18H,9-13H2,1H3/b8-5+. The first-order valence-corrected chi connectivity index (χ1v) is 9.08. The number of rotatable bonds is 6. The molecular weight excluding hydrogens is 310 g/mol. The second-order valence-electron chi connectivity index (χ2n) is 7.00. The predicted octanol–water partition coefficient (Wildman–Crippen LogP) is 3.98. The van der Waals surface area contributed by atoms with Crippen LogP contribution in [0.2, 0.25) is 0 Å². The number of aryl methyl sites for hydroxylation is 1. The minimum atomic E-state index is 0.0556. The van der Waals surface area contributed by atoms with Gasteiger partial charge in [-0.05, 0) is 38.2 Å². The molecular formula is C21H23N3O. The number of aromatic nitrogens is 2. The van der Waals surface area contributed by atoms with Crippen molar-refractivity contribution < 1.29 is 4.79 Å². The topological polar surface area (TPSA) is 46.1 Å². The molecule has 1 aromatic heterocycles. The quantitative estimate of drug-likeness (QED) is 0.803. The number of hydrogen-bond donors (Lipinski definition) is 0. The molecule has 2 fully saturated rings. The molecule has 0 radical (unpaired) electrons. The Morgan fingerprint density at radius 1 is 1.20 bits per heavy atom. The van der Waals surface area contributed by atoms with Crippen LogP contribution in [-0.4, -0.2) is 33.4 Å². The van der Waals surface area contributed by atoms with Crippen molar-refractivity contribution in [3.05, 3.63) is 65.2 Å². The Kier molecular flexibility index (Phi) is 4.35. The first kappa shape index (κ1) is 16.0. The van der Waals surface area contributed by atoms with Crippen LogP contribution in [0.1, 0.15) is 59.0 Å². The van der Waals surface area contributed by atoms with Crippen molar-refractivity contribution >= 4 is 12.0 Å². The van der Waals surface area contributed by atoms with Gasteiger partial charge in [-0.2, -0.15) is 0 Å². The molecule has 0 bridgehead atoms. The van der Waals surface area contributed by atoms with E-state index in [1.165, 1.54) is 12.8 Å². The van der Waals surface area contributed by atoms with E-state index in [0.717, 1.165) is 29.9 Å². The highest BCUT2D eigenvalue weighted by Crippen LogP contribution is 2.38. The number of carbonyl (C=O) groups excluding carboxylic acids is 1. The number of benzene rings is 1. The normalized spacial score (nSPS) is 17.0. The molecule has 4 nitrogen and oxygen atoms in total. The van der Waals surface area contributed by atoms with Crippen LogP contribution < -0.4 is 0 Å². The van der Waals surface area contributed by atoms with Gasteiger partial charge in [0.1, 0.15) is 5.82 Å². The summed E-state index contributed by atoms with van der Waals surface area (Å²) in [5.74, 6) is 1.47. The SMILES string of the molecule is Cc1nc(C2CC2)ncc1C(=O)N(C/C=C/c1ccccc1)C1CC1. The highest BCUT2D eigenvalue weighted by atomic mass is 16.2. The van der Waals surface area contributed by atoms with Crippen molar-refractivity contribution in [2.45, 2.75) is 44.6 Å². The summed E-state index contributed by atoms with van der Waals surface area (Å²) in [5.41, 5.74) is 2.60. The summed E-state index contributed by atoms with van der Waals surface area (Å²) in [5, 5.41) is 0. The Morgan fingerprint density at radius 3 is 2.60 bits per heavy atom. The average molecular weight is 333 g/mol. The molecule has 4 heteroatoms. The third-order valence-corrected chi connectivity index (χ3v) is 4.83. The maximum atomic E-state index is 13.0. The van der Waals surface area contributed by atoms with Crippen LogP contribution in [0.15, 0.2) is 42.6 Å². The van der Waals surface area contributed by atoms with E-state index in [0.29, 0.717) is 24.1 Å². The molecule has 0 N–H and O–H groups in total. The summed E-state index contributed by atoms with van der Waals surface area (Å²) >= 11 is 0. The highest BCUT2D eigenvalue weighted by molar-refractivity contribution is 5.95. The monoisotopic (exact) mass is 333 g/mol. The second kappa shape index (κ2) is 6.79. The Bertz CT molecular complexity index is 792. The van der Waals surface area contributed by atoms with Crippen molar-refractivity contribution in [2.24, 2.45) is 0 Å². The van der Waals surface area contributed by atoms with E-state index < -0.39 is 0 Å². The molecule has 0 atom stereocenters. The fourth-order valence-corrected chi connectivity index (χ4v) is 3.04. The molecule has 0 spiro atoms. The zero-order chi connectivity index (χ0) is 17.2. The van der Waals surface area contributed by atoms with Gasteiger partial charge in [0, 0.05) is 24.7 Å². The molecule has 2 aliphatic carbocycles. The molecule has 2 aliphatic rings. The van der Waals surface area contributed by atoms with Crippen LogP contribution in [0.5, 0.6) is 0 Å². The van der Waals surface area contributed by atoms with E-state index in [-0.39, 0.29) is 5.91 Å². The highest BCUT2D eigenvalue weighted by Gasteiger charge is 2.34. The van der Waals surface area contributed by atoms with E-state index in [2.05, 4.69) is 34.3 Å². The second-order valence-corrected chi connectivity index (χ2v) is 7.00. The van der Waals surface area contributed by atoms with Crippen LogP contribution in [0.25, 0.3) is 6.08 Å². The fraction of sp³-hybridized carbons (Fsp3) is 0.381. The molecule has 4 rings (SSSR count). The van der Waals surface area contributed by atoms with E-state index in [1.54, 1.807) is 6.20 Å². The van der Waals surface area contributed by atoms with Gasteiger partial charge in [0.15, 0.2) is 0 Å². The smallest absolute Gasteiger partial charge is 0.257 e. The van der Waals surface area contributed by atoms with Gasteiger partial charge in [0.25, 0.3) is 5.91 Å². The molecule has 0 aliphatic heterocycles. The van der Waals surface area contributed by atoms with E-state index in [9.17, 15) is 4.79 Å². The van der Waals surface area contributed by atoms with Crippen molar-refractivity contribution in [1.82, 2.24) is 14.9 Å². The van der Waals surface area contributed by atoms with Crippen molar-refractivity contribution in [3.63, 3.8) is 0 Å². The summed E-state index contributed by atoms with van der Waals surface area (Å²) in [6.45, 7) is 2.55. The van der Waals surface area contributed by atoms with Crippen LogP contribution in [0, 0.1) is 6.92 Å². The lowest BCUT2D eigenvalue weighted by atomic mass is 10.2. The summed E-state index contributed by atoms with van der Waals surface area (Å²) in [6, 6.07) is 10.5. The van der Waals surface area contributed by atoms with Crippen molar-refractivity contribution in [3.8, 4) is 0 Å². The maximum Gasteiger partial charge on any atom is 0.257 e. The largest absolute Gasteiger partial charge is 0.332 e. The molecule has 0 saturated heterocycles. The van der Waals surface area contributed by atoms with E-state index in [4.69, 9.17) is 0 Å². The fourth-order valence-electron chi connectivity index (χ4n) is 3.04. The maximum absolute atomic E-state index is 13.0. The molecule has 128 valence electrons. The zero-order valence-corrected chi connectivity index (χ0v) is 14.6. The van der Waals surface area contributed by atoms with Gasteiger partial charge in [-0.15, -0.1) is 0 Å². The third kappa shape index (κ3) is 3.78. The van der Waals surface area contributed by atoms with Gasteiger partial charge in [0.2, 0.25) is 0 Å². The van der Waals surface area contributed by atoms with Gasteiger partial charge >= 0.3 is 0 Å².